The average molecular weight is 160 g/mol. The third kappa shape index (κ3) is 8.18. The molecule has 0 unspecified atom stereocenters. The van der Waals surface area contributed by atoms with Gasteiger partial charge in [0.05, 0.1) is 0 Å². The minimum Gasteiger partial charge on any atom is -0.382 e. The molecule has 0 aromatic carbocycles. The van der Waals surface area contributed by atoms with Crippen LogP contribution in [0.1, 0.15) is 20.8 Å². The smallest absolute Gasteiger partial charge is 0.0437 e. The predicted molar refractivity (Wildman–Crippen MR) is 49.5 cm³/mol. The van der Waals surface area contributed by atoms with E-state index in [1.54, 1.807) is 0 Å². The zero-order valence-corrected chi connectivity index (χ0v) is 8.94. The fourth-order valence-corrected chi connectivity index (χ4v) is 2.41. The van der Waals surface area contributed by atoms with E-state index in [1.165, 1.54) is 12.1 Å². The minimum atomic E-state index is 0.219. The standard InChI is InChI=1S/C8H20OSi/c1-4-9-5-6-10-7-8(2)3/h8H,4-7,10H2,1-3H3. The lowest BCUT2D eigenvalue weighted by Gasteiger charge is -2.02. The van der Waals surface area contributed by atoms with Gasteiger partial charge in [-0.15, -0.1) is 0 Å². The molecule has 0 heterocycles. The Balaban J connectivity index is 2.77. The van der Waals surface area contributed by atoms with Gasteiger partial charge in [0.15, 0.2) is 0 Å². The van der Waals surface area contributed by atoms with Crippen LogP contribution >= 0.6 is 0 Å². The summed E-state index contributed by atoms with van der Waals surface area (Å²) in [6, 6.07) is 2.85. The maximum atomic E-state index is 5.25. The van der Waals surface area contributed by atoms with Crippen molar-refractivity contribution in [2.24, 2.45) is 5.92 Å². The molecular formula is C8H20OSi. The zero-order chi connectivity index (χ0) is 7.82. The van der Waals surface area contributed by atoms with Crippen molar-refractivity contribution in [3.8, 4) is 0 Å². The van der Waals surface area contributed by atoms with E-state index in [0.717, 1.165) is 19.1 Å². The highest BCUT2D eigenvalue weighted by atomic mass is 28.2. The molecule has 0 amide bonds. The van der Waals surface area contributed by atoms with E-state index in [4.69, 9.17) is 4.74 Å². The molecule has 0 bridgehead atoms. The molecule has 0 saturated carbocycles. The second-order valence-corrected chi connectivity index (χ2v) is 5.08. The second-order valence-electron chi connectivity index (χ2n) is 3.09. The summed E-state index contributed by atoms with van der Waals surface area (Å²) in [6.07, 6.45) is 0. The highest BCUT2D eigenvalue weighted by Gasteiger charge is 1.93. The first-order valence-corrected chi connectivity index (χ1v) is 6.35. The van der Waals surface area contributed by atoms with Gasteiger partial charge in [-0.1, -0.05) is 19.9 Å². The third-order valence-electron chi connectivity index (χ3n) is 1.52. The molecule has 0 rings (SSSR count). The second kappa shape index (κ2) is 7.29. The van der Waals surface area contributed by atoms with E-state index >= 15 is 0 Å². The minimum absolute atomic E-state index is 0.219. The van der Waals surface area contributed by atoms with Crippen LogP contribution < -0.4 is 0 Å². The van der Waals surface area contributed by atoms with Crippen LogP contribution in [0.25, 0.3) is 0 Å². The molecule has 1 nitrogen and oxygen atoms in total. The lowest BCUT2D eigenvalue weighted by Crippen LogP contribution is -2.00. The normalized spacial score (nSPS) is 12.0. The Morgan fingerprint density at radius 1 is 1.40 bits per heavy atom. The molecule has 0 aromatic heterocycles. The molecule has 0 aliphatic carbocycles. The van der Waals surface area contributed by atoms with E-state index in [-0.39, 0.29) is 9.52 Å². The fraction of sp³-hybridized carbons (Fsp3) is 1.00. The summed E-state index contributed by atoms with van der Waals surface area (Å²) >= 11 is 0. The van der Waals surface area contributed by atoms with Gasteiger partial charge in [-0.25, -0.2) is 0 Å². The summed E-state index contributed by atoms with van der Waals surface area (Å²) in [5.74, 6) is 0.910. The van der Waals surface area contributed by atoms with Gasteiger partial charge >= 0.3 is 0 Å². The first kappa shape index (κ1) is 10.2. The summed E-state index contributed by atoms with van der Waals surface area (Å²) in [5, 5.41) is 0. The van der Waals surface area contributed by atoms with E-state index in [2.05, 4.69) is 20.8 Å². The Hall–Kier alpha value is 0.177. The van der Waals surface area contributed by atoms with Gasteiger partial charge in [0.25, 0.3) is 0 Å². The van der Waals surface area contributed by atoms with Crippen LogP contribution in [0.4, 0.5) is 0 Å². The molecule has 0 fully saturated rings. The molecule has 10 heavy (non-hydrogen) atoms. The van der Waals surface area contributed by atoms with E-state index in [9.17, 15) is 0 Å². The Kier molecular flexibility index (Phi) is 7.41. The van der Waals surface area contributed by atoms with Gasteiger partial charge in [-0.05, 0) is 18.9 Å². The first-order chi connectivity index (χ1) is 4.77. The van der Waals surface area contributed by atoms with Crippen molar-refractivity contribution < 1.29 is 4.74 Å². The molecule has 0 saturated heterocycles. The van der Waals surface area contributed by atoms with Gasteiger partial charge in [-0.3, -0.25) is 0 Å². The average Bonchev–Trinajstić information content (AvgIpc) is 1.87. The number of ether oxygens (including phenoxy) is 1. The molecule has 0 spiro atoms. The summed E-state index contributed by atoms with van der Waals surface area (Å²) in [6.45, 7) is 8.55. The number of hydrogen-bond acceptors (Lipinski definition) is 1. The van der Waals surface area contributed by atoms with Crippen LogP contribution in [0.2, 0.25) is 12.1 Å². The van der Waals surface area contributed by atoms with Crippen molar-refractivity contribution in [1.82, 2.24) is 0 Å². The van der Waals surface area contributed by atoms with Crippen LogP contribution in [0.5, 0.6) is 0 Å². The van der Waals surface area contributed by atoms with Crippen molar-refractivity contribution in [3.63, 3.8) is 0 Å². The summed E-state index contributed by atoms with van der Waals surface area (Å²) in [7, 11) is 0.219. The van der Waals surface area contributed by atoms with E-state index < -0.39 is 0 Å². The number of hydrogen-bond donors (Lipinski definition) is 0. The van der Waals surface area contributed by atoms with Crippen molar-refractivity contribution in [2.75, 3.05) is 13.2 Å². The van der Waals surface area contributed by atoms with Crippen LogP contribution in [-0.2, 0) is 4.74 Å². The molecule has 62 valence electrons. The van der Waals surface area contributed by atoms with Crippen molar-refractivity contribution in [2.45, 2.75) is 32.9 Å². The SMILES string of the molecule is CCOCC[SiH2]CC(C)C. The molecule has 0 aromatic rings. The predicted octanol–water partition coefficient (Wildman–Crippen LogP) is 1.68. The van der Waals surface area contributed by atoms with Gasteiger partial charge in [0.2, 0.25) is 0 Å². The van der Waals surface area contributed by atoms with Gasteiger partial charge < -0.3 is 4.74 Å². The fourth-order valence-electron chi connectivity index (χ4n) is 0.901. The van der Waals surface area contributed by atoms with Gasteiger partial charge in [-0.2, -0.15) is 0 Å². The lowest BCUT2D eigenvalue weighted by molar-refractivity contribution is 0.162. The van der Waals surface area contributed by atoms with Crippen LogP contribution in [-0.4, -0.2) is 22.7 Å². The summed E-state index contributed by atoms with van der Waals surface area (Å²) in [4.78, 5) is 0. The van der Waals surface area contributed by atoms with Crippen LogP contribution in [0.15, 0.2) is 0 Å². The van der Waals surface area contributed by atoms with Gasteiger partial charge in [0, 0.05) is 22.7 Å². The third-order valence-corrected chi connectivity index (χ3v) is 3.88. The lowest BCUT2D eigenvalue weighted by atomic mass is 10.3. The summed E-state index contributed by atoms with van der Waals surface area (Å²) < 4.78 is 5.25. The Morgan fingerprint density at radius 2 is 2.10 bits per heavy atom. The zero-order valence-electron chi connectivity index (χ0n) is 7.52. The van der Waals surface area contributed by atoms with E-state index in [0.29, 0.717) is 0 Å². The Labute approximate surface area is 67.0 Å². The molecular weight excluding hydrogens is 140 g/mol. The molecule has 2 heteroatoms. The quantitative estimate of drug-likeness (QED) is 0.424. The van der Waals surface area contributed by atoms with Crippen molar-refractivity contribution >= 4 is 9.52 Å². The highest BCUT2D eigenvalue weighted by Crippen LogP contribution is 2.00. The maximum absolute atomic E-state index is 5.25. The molecule has 0 aliphatic rings. The van der Waals surface area contributed by atoms with Crippen molar-refractivity contribution in [3.05, 3.63) is 0 Å². The monoisotopic (exact) mass is 160 g/mol. The number of rotatable bonds is 6. The first-order valence-electron chi connectivity index (χ1n) is 4.35. The van der Waals surface area contributed by atoms with Crippen LogP contribution in [0.3, 0.4) is 0 Å². The molecule has 0 N–H and O–H groups in total. The van der Waals surface area contributed by atoms with Crippen molar-refractivity contribution in [1.29, 1.82) is 0 Å². The Bertz CT molecular complexity index is 64.3. The van der Waals surface area contributed by atoms with E-state index in [1.807, 2.05) is 0 Å². The highest BCUT2D eigenvalue weighted by molar-refractivity contribution is 6.35. The topological polar surface area (TPSA) is 9.23 Å². The van der Waals surface area contributed by atoms with Crippen LogP contribution in [0, 0.1) is 5.92 Å². The van der Waals surface area contributed by atoms with Gasteiger partial charge in [0.1, 0.15) is 0 Å². The summed E-state index contributed by atoms with van der Waals surface area (Å²) in [5.41, 5.74) is 0. The molecule has 0 radical (unpaired) electrons. The maximum Gasteiger partial charge on any atom is 0.0437 e. The molecule has 0 atom stereocenters. The largest absolute Gasteiger partial charge is 0.382 e. The molecule has 0 aliphatic heterocycles. The Morgan fingerprint density at radius 3 is 2.60 bits per heavy atom.